The third-order valence-corrected chi connectivity index (χ3v) is 7.56. The van der Waals surface area contributed by atoms with Crippen molar-refractivity contribution in [3.05, 3.63) is 23.8 Å². The first-order chi connectivity index (χ1) is 14.3. The molecule has 0 radical (unpaired) electrons. The minimum Gasteiger partial charge on any atom is -0.466 e. The molecule has 8 nitrogen and oxygen atoms in total. The number of sulfonamides is 1. The maximum Gasteiger partial charge on any atom is 0.310 e. The van der Waals surface area contributed by atoms with Crippen LogP contribution < -0.4 is 4.90 Å². The summed E-state index contributed by atoms with van der Waals surface area (Å²) in [6.07, 6.45) is 3.49. The van der Waals surface area contributed by atoms with Crippen LogP contribution in [-0.2, 0) is 19.6 Å². The molecule has 2 aliphatic rings. The smallest absolute Gasteiger partial charge is 0.310 e. The number of esters is 1. The maximum atomic E-state index is 13.5. The number of anilines is 1. The molecule has 2 heterocycles. The van der Waals surface area contributed by atoms with Gasteiger partial charge in [-0.2, -0.15) is 0 Å². The molecule has 9 heteroatoms. The molecule has 30 heavy (non-hydrogen) atoms. The zero-order valence-electron chi connectivity index (χ0n) is 18.0. The van der Waals surface area contributed by atoms with Crippen LogP contribution in [-0.4, -0.2) is 76.4 Å². The number of benzene rings is 1. The predicted octanol–water partition coefficient (Wildman–Crippen LogP) is 1.95. The number of likely N-dealkylation sites (tertiary alicyclic amines) is 1. The Labute approximate surface area is 178 Å². The second-order valence-corrected chi connectivity index (χ2v) is 10.2. The Bertz CT molecular complexity index is 894. The number of piperidine rings is 1. The van der Waals surface area contributed by atoms with Crippen molar-refractivity contribution in [1.29, 1.82) is 0 Å². The van der Waals surface area contributed by atoms with Crippen LogP contribution in [0, 0.1) is 5.92 Å². The Hall–Kier alpha value is -2.13. The third kappa shape index (κ3) is 4.62. The Morgan fingerprint density at radius 2 is 1.83 bits per heavy atom. The van der Waals surface area contributed by atoms with Crippen LogP contribution in [0.4, 0.5) is 5.69 Å². The number of ether oxygens (including phenoxy) is 1. The van der Waals surface area contributed by atoms with E-state index in [4.69, 9.17) is 4.74 Å². The van der Waals surface area contributed by atoms with Gasteiger partial charge >= 0.3 is 5.97 Å². The number of carbonyl (C=O) groups is 2. The highest BCUT2D eigenvalue weighted by atomic mass is 32.2. The molecule has 1 atom stereocenters. The average Bonchev–Trinajstić information content (AvgIpc) is 3.27. The molecule has 2 aliphatic heterocycles. The number of carbonyl (C=O) groups excluding carboxylic acids is 2. The van der Waals surface area contributed by atoms with E-state index in [0.717, 1.165) is 35.9 Å². The lowest BCUT2D eigenvalue weighted by atomic mass is 9.97. The maximum absolute atomic E-state index is 13.5. The highest BCUT2D eigenvalue weighted by Crippen LogP contribution is 2.30. The van der Waals surface area contributed by atoms with Crippen molar-refractivity contribution in [3.63, 3.8) is 0 Å². The van der Waals surface area contributed by atoms with Crippen LogP contribution >= 0.6 is 0 Å². The van der Waals surface area contributed by atoms with E-state index in [-0.39, 0.29) is 22.7 Å². The lowest BCUT2D eigenvalue weighted by Gasteiger charge is -2.33. The standard InChI is InChI=1S/C21H31N3O5S/c1-4-29-21(26)16-8-7-13-24(15-16)20(25)18-14-17(30(27,28)22(2)3)9-10-19(18)23-11-5-6-12-23/h9-10,14,16H,4-8,11-13,15H2,1-3H3/t16-/m0/s1. The van der Waals surface area contributed by atoms with Crippen molar-refractivity contribution >= 4 is 27.6 Å². The molecule has 1 aromatic rings. The zero-order chi connectivity index (χ0) is 21.9. The molecular formula is C21H31N3O5S. The van der Waals surface area contributed by atoms with E-state index in [2.05, 4.69) is 4.90 Å². The fourth-order valence-corrected chi connectivity index (χ4v) is 5.00. The molecule has 0 aromatic heterocycles. The van der Waals surface area contributed by atoms with Crippen molar-refractivity contribution in [2.45, 2.75) is 37.5 Å². The summed E-state index contributed by atoms with van der Waals surface area (Å²) < 4.78 is 31.6. The fraction of sp³-hybridized carbons (Fsp3) is 0.619. The molecule has 2 saturated heterocycles. The molecule has 3 rings (SSSR count). The number of nitrogens with zero attached hydrogens (tertiary/aromatic N) is 3. The SMILES string of the molecule is CCOC(=O)[C@H]1CCCN(C(=O)c2cc(S(=O)(=O)N(C)C)ccc2N2CCCC2)C1. The van der Waals surface area contributed by atoms with Gasteiger partial charge in [0.1, 0.15) is 0 Å². The highest BCUT2D eigenvalue weighted by Gasteiger charge is 2.32. The summed E-state index contributed by atoms with van der Waals surface area (Å²) in [5, 5.41) is 0. The molecule has 0 unspecified atom stereocenters. The van der Waals surface area contributed by atoms with Gasteiger partial charge in [0.05, 0.1) is 23.0 Å². The monoisotopic (exact) mass is 437 g/mol. The van der Waals surface area contributed by atoms with E-state index in [1.54, 1.807) is 24.0 Å². The topological polar surface area (TPSA) is 87.2 Å². The average molecular weight is 438 g/mol. The van der Waals surface area contributed by atoms with Crippen molar-refractivity contribution in [1.82, 2.24) is 9.21 Å². The van der Waals surface area contributed by atoms with Crippen LogP contribution in [0.15, 0.2) is 23.1 Å². The number of hydrogen-bond donors (Lipinski definition) is 0. The predicted molar refractivity (Wildman–Crippen MR) is 114 cm³/mol. The Morgan fingerprint density at radius 3 is 2.47 bits per heavy atom. The van der Waals surface area contributed by atoms with Crippen LogP contribution in [0.25, 0.3) is 0 Å². The van der Waals surface area contributed by atoms with Crippen LogP contribution in [0.5, 0.6) is 0 Å². The van der Waals surface area contributed by atoms with Crippen molar-refractivity contribution in [2.24, 2.45) is 5.92 Å². The van der Waals surface area contributed by atoms with Crippen molar-refractivity contribution in [3.8, 4) is 0 Å². The Balaban J connectivity index is 1.95. The van der Waals surface area contributed by atoms with Crippen LogP contribution in [0.1, 0.15) is 43.0 Å². The van der Waals surface area contributed by atoms with E-state index in [1.165, 1.54) is 20.2 Å². The lowest BCUT2D eigenvalue weighted by molar-refractivity contribution is -0.149. The van der Waals surface area contributed by atoms with Gasteiger partial charge in [0.15, 0.2) is 0 Å². The third-order valence-electron chi connectivity index (χ3n) is 5.75. The molecular weight excluding hydrogens is 406 g/mol. The summed E-state index contributed by atoms with van der Waals surface area (Å²) in [6.45, 7) is 4.59. The number of hydrogen-bond acceptors (Lipinski definition) is 6. The van der Waals surface area contributed by atoms with E-state index >= 15 is 0 Å². The highest BCUT2D eigenvalue weighted by molar-refractivity contribution is 7.89. The van der Waals surface area contributed by atoms with Gasteiger partial charge in [-0.1, -0.05) is 0 Å². The summed E-state index contributed by atoms with van der Waals surface area (Å²) >= 11 is 0. The van der Waals surface area contributed by atoms with Gasteiger partial charge in [-0.05, 0) is 50.8 Å². The van der Waals surface area contributed by atoms with E-state index in [0.29, 0.717) is 38.1 Å². The van der Waals surface area contributed by atoms with E-state index in [9.17, 15) is 18.0 Å². The van der Waals surface area contributed by atoms with Crippen LogP contribution in [0.2, 0.25) is 0 Å². The van der Waals surface area contributed by atoms with Gasteiger partial charge < -0.3 is 14.5 Å². The molecule has 166 valence electrons. The normalized spacial score (nSPS) is 19.9. The molecule has 0 aliphatic carbocycles. The van der Waals surface area contributed by atoms with Gasteiger partial charge in [-0.25, -0.2) is 12.7 Å². The summed E-state index contributed by atoms with van der Waals surface area (Å²) in [7, 11) is -0.721. The largest absolute Gasteiger partial charge is 0.466 e. The van der Waals surface area contributed by atoms with Gasteiger partial charge in [0.2, 0.25) is 10.0 Å². The summed E-state index contributed by atoms with van der Waals surface area (Å²) in [6, 6.07) is 4.79. The first kappa shape index (κ1) is 22.6. The zero-order valence-corrected chi connectivity index (χ0v) is 18.8. The quantitative estimate of drug-likeness (QED) is 0.632. The second-order valence-electron chi connectivity index (χ2n) is 8.00. The first-order valence-corrected chi connectivity index (χ1v) is 12.0. The van der Waals surface area contributed by atoms with E-state index < -0.39 is 10.0 Å². The molecule has 1 amide bonds. The Kier molecular flexibility index (Phi) is 7.02. The lowest BCUT2D eigenvalue weighted by Crippen LogP contribution is -2.43. The fourth-order valence-electron chi connectivity index (χ4n) is 4.08. The number of rotatable bonds is 6. The molecule has 0 spiro atoms. The van der Waals surface area contributed by atoms with Gasteiger partial charge in [-0.3, -0.25) is 9.59 Å². The second kappa shape index (κ2) is 9.34. The summed E-state index contributed by atoms with van der Waals surface area (Å²) in [4.78, 5) is 29.6. The summed E-state index contributed by atoms with van der Waals surface area (Å²) in [5.41, 5.74) is 1.14. The molecule has 1 aromatic carbocycles. The summed E-state index contributed by atoms with van der Waals surface area (Å²) in [5.74, 6) is -0.855. The van der Waals surface area contributed by atoms with Crippen LogP contribution in [0.3, 0.4) is 0 Å². The minimum absolute atomic E-state index is 0.0951. The van der Waals surface area contributed by atoms with Gasteiger partial charge in [-0.15, -0.1) is 0 Å². The minimum atomic E-state index is -3.67. The van der Waals surface area contributed by atoms with Gasteiger partial charge in [0.25, 0.3) is 5.91 Å². The molecule has 0 saturated carbocycles. The number of amides is 1. The molecule has 2 fully saturated rings. The van der Waals surface area contributed by atoms with E-state index in [1.807, 2.05) is 0 Å². The first-order valence-electron chi connectivity index (χ1n) is 10.5. The van der Waals surface area contributed by atoms with Gasteiger partial charge in [0, 0.05) is 46.0 Å². The van der Waals surface area contributed by atoms with Crippen molar-refractivity contribution < 1.29 is 22.7 Å². The molecule has 0 bridgehead atoms. The Morgan fingerprint density at radius 1 is 1.13 bits per heavy atom. The van der Waals surface area contributed by atoms with Crippen molar-refractivity contribution in [2.75, 3.05) is 51.8 Å². The molecule has 0 N–H and O–H groups in total.